The third-order valence-corrected chi connectivity index (χ3v) is 4.52. The number of rotatable bonds is 7. The largest absolute Gasteiger partial charge is 0.497 e. The Bertz CT molecular complexity index is 375. The molecule has 0 fully saturated rings. The van der Waals surface area contributed by atoms with Crippen molar-refractivity contribution in [1.29, 1.82) is 0 Å². The van der Waals surface area contributed by atoms with Gasteiger partial charge in [-0.2, -0.15) is 0 Å². The monoisotopic (exact) mass is 268 g/mol. The van der Waals surface area contributed by atoms with Crippen molar-refractivity contribution in [2.75, 3.05) is 7.11 Å². The highest BCUT2D eigenvalue weighted by Crippen LogP contribution is 2.26. The summed E-state index contributed by atoms with van der Waals surface area (Å²) in [5.74, 6) is 1.000. The molecule has 0 saturated heterocycles. The smallest absolute Gasteiger partial charge is 0.316 e. The number of hydrogen-bond donors (Lipinski definition) is 1. The molecule has 0 bridgehead atoms. The van der Waals surface area contributed by atoms with E-state index in [0.29, 0.717) is 5.75 Å². The molecule has 0 aliphatic rings. The molecule has 100 valence electrons. The number of ether oxygens (including phenoxy) is 1. The molecule has 0 radical (unpaired) electrons. The van der Waals surface area contributed by atoms with Crippen LogP contribution in [0.25, 0.3) is 0 Å². The fourth-order valence-electron chi connectivity index (χ4n) is 1.60. The normalized spacial score (nSPS) is 13.9. The van der Waals surface area contributed by atoms with E-state index in [-0.39, 0.29) is 11.2 Å². The Balaban J connectivity index is 2.58. The van der Waals surface area contributed by atoms with Gasteiger partial charge in [0.15, 0.2) is 0 Å². The third kappa shape index (κ3) is 4.26. The molecule has 0 amide bonds. The van der Waals surface area contributed by atoms with Crippen molar-refractivity contribution in [1.82, 2.24) is 0 Å². The zero-order valence-corrected chi connectivity index (χ0v) is 11.9. The number of carbonyl (C=O) groups is 1. The number of methoxy groups -OCH3 is 1. The van der Waals surface area contributed by atoms with Gasteiger partial charge in [-0.1, -0.05) is 32.4 Å². The Morgan fingerprint density at radius 3 is 2.44 bits per heavy atom. The van der Waals surface area contributed by atoms with Crippen molar-refractivity contribution in [3.63, 3.8) is 0 Å². The maximum Gasteiger partial charge on any atom is 0.316 e. The molecule has 1 unspecified atom stereocenters. The van der Waals surface area contributed by atoms with E-state index in [2.05, 4.69) is 0 Å². The zero-order valence-electron chi connectivity index (χ0n) is 11.1. The Morgan fingerprint density at radius 1 is 1.39 bits per heavy atom. The molecule has 0 aromatic heterocycles. The highest BCUT2D eigenvalue weighted by atomic mass is 32.2. The Morgan fingerprint density at radius 2 is 2.00 bits per heavy atom. The van der Waals surface area contributed by atoms with Crippen molar-refractivity contribution in [3.05, 3.63) is 29.8 Å². The van der Waals surface area contributed by atoms with Crippen molar-refractivity contribution in [3.8, 4) is 5.75 Å². The number of aliphatic carboxylic acids is 1. The van der Waals surface area contributed by atoms with Crippen LogP contribution in [0.5, 0.6) is 5.75 Å². The first kappa shape index (κ1) is 14.9. The van der Waals surface area contributed by atoms with Gasteiger partial charge in [0.05, 0.1) is 7.11 Å². The van der Waals surface area contributed by atoms with Gasteiger partial charge in [0.1, 0.15) is 11.0 Å². The van der Waals surface area contributed by atoms with Gasteiger partial charge in [-0.15, -0.1) is 11.8 Å². The molecule has 3 nitrogen and oxygen atoms in total. The number of carboxylic acids is 1. The number of hydrogen-bond acceptors (Lipinski definition) is 3. The van der Waals surface area contributed by atoms with Crippen LogP contribution in [-0.2, 0) is 10.5 Å². The minimum Gasteiger partial charge on any atom is -0.497 e. The highest BCUT2D eigenvalue weighted by Gasteiger charge is 2.23. The lowest BCUT2D eigenvalue weighted by Gasteiger charge is -2.18. The van der Waals surface area contributed by atoms with E-state index < -0.39 is 5.97 Å². The van der Waals surface area contributed by atoms with Crippen LogP contribution in [0.3, 0.4) is 0 Å². The molecular formula is C14H20O3S. The van der Waals surface area contributed by atoms with Crippen molar-refractivity contribution >= 4 is 17.7 Å². The Kier molecular flexibility index (Phi) is 6.05. The van der Waals surface area contributed by atoms with Gasteiger partial charge in [-0.25, -0.2) is 0 Å². The van der Waals surface area contributed by atoms with Crippen LogP contribution in [-0.4, -0.2) is 23.4 Å². The van der Waals surface area contributed by atoms with Crippen LogP contribution in [0.4, 0.5) is 0 Å². The van der Waals surface area contributed by atoms with E-state index in [0.717, 1.165) is 17.7 Å². The molecule has 1 rings (SSSR count). The van der Waals surface area contributed by atoms with Gasteiger partial charge < -0.3 is 9.84 Å². The number of benzene rings is 1. The highest BCUT2D eigenvalue weighted by molar-refractivity contribution is 7.99. The maximum absolute atomic E-state index is 11.2. The third-order valence-electron chi connectivity index (χ3n) is 2.99. The van der Waals surface area contributed by atoms with Gasteiger partial charge in [-0.3, -0.25) is 4.79 Å². The molecule has 0 aliphatic carbocycles. The average molecular weight is 268 g/mol. The van der Waals surface area contributed by atoms with E-state index in [1.54, 1.807) is 7.11 Å². The van der Waals surface area contributed by atoms with Crippen LogP contribution in [0, 0.1) is 5.92 Å². The minimum absolute atomic E-state index is 0.186. The van der Waals surface area contributed by atoms with E-state index >= 15 is 0 Å². The second kappa shape index (κ2) is 7.31. The first-order valence-electron chi connectivity index (χ1n) is 6.05. The molecule has 1 aromatic carbocycles. The summed E-state index contributed by atoms with van der Waals surface area (Å²) in [6.45, 7) is 4.01. The fourth-order valence-corrected chi connectivity index (χ4v) is 2.83. The molecule has 1 aromatic rings. The zero-order chi connectivity index (χ0) is 13.5. The molecule has 2 atom stereocenters. The molecule has 0 heterocycles. The van der Waals surface area contributed by atoms with Gasteiger partial charge in [0.25, 0.3) is 0 Å². The average Bonchev–Trinajstić information content (AvgIpc) is 2.39. The van der Waals surface area contributed by atoms with E-state index in [1.165, 1.54) is 11.8 Å². The lowest BCUT2D eigenvalue weighted by atomic mass is 10.1. The quantitative estimate of drug-likeness (QED) is 0.823. The first-order chi connectivity index (χ1) is 8.58. The van der Waals surface area contributed by atoms with E-state index in [4.69, 9.17) is 4.74 Å². The van der Waals surface area contributed by atoms with Gasteiger partial charge in [-0.05, 0) is 23.6 Å². The molecular weight excluding hydrogens is 248 g/mol. The van der Waals surface area contributed by atoms with E-state index in [1.807, 2.05) is 38.1 Å². The summed E-state index contributed by atoms with van der Waals surface area (Å²) in [6, 6.07) is 7.74. The summed E-state index contributed by atoms with van der Waals surface area (Å²) in [7, 11) is 1.63. The van der Waals surface area contributed by atoms with Crippen LogP contribution in [0.1, 0.15) is 25.8 Å². The van der Waals surface area contributed by atoms with Gasteiger partial charge in [0.2, 0.25) is 0 Å². The van der Waals surface area contributed by atoms with Crippen LogP contribution in [0.2, 0.25) is 0 Å². The summed E-state index contributed by atoms with van der Waals surface area (Å²) in [5.41, 5.74) is 1.12. The predicted molar refractivity (Wildman–Crippen MR) is 75.2 cm³/mol. The standard InChI is InChI=1S/C14H20O3S/c1-4-10(2)13(14(15)16)18-9-11-5-7-12(17-3)8-6-11/h5-8,10,13H,4,9H2,1-3H3,(H,15,16)/t10?,13-/m0/s1. The van der Waals surface area contributed by atoms with Crippen molar-refractivity contribution in [2.45, 2.75) is 31.3 Å². The summed E-state index contributed by atoms with van der Waals surface area (Å²) in [4.78, 5) is 11.2. The minimum atomic E-state index is -0.720. The summed E-state index contributed by atoms with van der Waals surface area (Å²) < 4.78 is 5.09. The van der Waals surface area contributed by atoms with Crippen molar-refractivity contribution in [2.24, 2.45) is 5.92 Å². The summed E-state index contributed by atoms with van der Waals surface area (Å²) in [6.07, 6.45) is 0.882. The van der Waals surface area contributed by atoms with Crippen LogP contribution < -0.4 is 4.74 Å². The predicted octanol–water partition coefficient (Wildman–Crippen LogP) is 3.43. The SMILES string of the molecule is CCC(C)[C@H](SCc1ccc(OC)cc1)C(=O)O. The van der Waals surface area contributed by atoms with E-state index in [9.17, 15) is 9.90 Å². The van der Waals surface area contributed by atoms with Gasteiger partial charge in [0, 0.05) is 5.75 Å². The molecule has 0 aliphatic heterocycles. The lowest BCUT2D eigenvalue weighted by molar-refractivity contribution is -0.137. The second-order valence-corrected chi connectivity index (χ2v) is 5.43. The van der Waals surface area contributed by atoms with Gasteiger partial charge >= 0.3 is 5.97 Å². The molecule has 0 saturated carbocycles. The molecule has 0 spiro atoms. The van der Waals surface area contributed by atoms with Crippen LogP contribution >= 0.6 is 11.8 Å². The first-order valence-corrected chi connectivity index (χ1v) is 7.10. The van der Waals surface area contributed by atoms with Crippen LogP contribution in [0.15, 0.2) is 24.3 Å². The number of thioether (sulfide) groups is 1. The Labute approximate surface area is 113 Å². The summed E-state index contributed by atoms with van der Waals surface area (Å²) >= 11 is 1.49. The number of carboxylic acid groups (broad SMARTS) is 1. The molecule has 4 heteroatoms. The lowest BCUT2D eigenvalue weighted by Crippen LogP contribution is -2.24. The molecule has 1 N–H and O–H groups in total. The topological polar surface area (TPSA) is 46.5 Å². The van der Waals surface area contributed by atoms with Crippen molar-refractivity contribution < 1.29 is 14.6 Å². The second-order valence-electron chi connectivity index (χ2n) is 4.30. The maximum atomic E-state index is 11.2. The molecule has 18 heavy (non-hydrogen) atoms. The summed E-state index contributed by atoms with van der Waals surface area (Å²) in [5, 5.41) is 8.86. The fraction of sp³-hybridized carbons (Fsp3) is 0.500. The Hall–Kier alpha value is -1.16.